The van der Waals surface area contributed by atoms with Crippen LogP contribution in [0.1, 0.15) is 12.5 Å². The zero-order valence-electron chi connectivity index (χ0n) is 9.89. The van der Waals surface area contributed by atoms with Crippen molar-refractivity contribution in [2.45, 2.75) is 13.5 Å². The van der Waals surface area contributed by atoms with Crippen molar-refractivity contribution in [1.82, 2.24) is 9.80 Å². The molecule has 0 amide bonds. The molecule has 1 heterocycles. The highest BCUT2D eigenvalue weighted by Gasteiger charge is 2.15. The van der Waals surface area contributed by atoms with Crippen molar-refractivity contribution in [3.8, 4) is 5.75 Å². The minimum Gasteiger partial charge on any atom is -0.508 e. The SMILES string of the molecule is CCN1CCN(Cc2ccc(O)cc2)CC1. The Balaban J connectivity index is 1.84. The minimum atomic E-state index is 0.347. The molecule has 0 saturated carbocycles. The molecule has 0 unspecified atom stereocenters. The van der Waals surface area contributed by atoms with E-state index in [2.05, 4.69) is 16.7 Å². The van der Waals surface area contributed by atoms with Crippen LogP contribution >= 0.6 is 0 Å². The molecule has 1 N–H and O–H groups in total. The summed E-state index contributed by atoms with van der Waals surface area (Å²) in [5.74, 6) is 0.347. The highest BCUT2D eigenvalue weighted by atomic mass is 16.3. The van der Waals surface area contributed by atoms with Crippen LogP contribution in [0.15, 0.2) is 24.3 Å². The molecule has 0 radical (unpaired) electrons. The van der Waals surface area contributed by atoms with Gasteiger partial charge in [0.2, 0.25) is 0 Å². The Hall–Kier alpha value is -1.06. The van der Waals surface area contributed by atoms with Crippen LogP contribution in [-0.2, 0) is 6.54 Å². The molecule has 1 aliphatic rings. The predicted octanol–water partition coefficient (Wildman–Crippen LogP) is 1.53. The molecule has 1 aromatic rings. The third-order valence-corrected chi connectivity index (χ3v) is 3.25. The van der Waals surface area contributed by atoms with E-state index in [1.54, 1.807) is 12.1 Å². The van der Waals surface area contributed by atoms with Crippen molar-refractivity contribution in [1.29, 1.82) is 0 Å². The van der Waals surface area contributed by atoms with E-state index in [-0.39, 0.29) is 0 Å². The second-order valence-corrected chi connectivity index (χ2v) is 4.38. The smallest absolute Gasteiger partial charge is 0.115 e. The normalized spacial score (nSPS) is 18.8. The number of hydrogen-bond donors (Lipinski definition) is 1. The summed E-state index contributed by atoms with van der Waals surface area (Å²) in [6.45, 7) is 9.02. The van der Waals surface area contributed by atoms with E-state index in [0.717, 1.165) is 26.2 Å². The molecule has 0 atom stereocenters. The van der Waals surface area contributed by atoms with Crippen molar-refractivity contribution in [3.63, 3.8) is 0 Å². The number of nitrogens with zero attached hydrogens (tertiary/aromatic N) is 2. The quantitative estimate of drug-likeness (QED) is 0.837. The summed E-state index contributed by atoms with van der Waals surface area (Å²) in [6.07, 6.45) is 0. The Kier molecular flexibility index (Phi) is 3.80. The first-order valence-corrected chi connectivity index (χ1v) is 6.00. The van der Waals surface area contributed by atoms with Crippen LogP contribution < -0.4 is 0 Å². The molecule has 16 heavy (non-hydrogen) atoms. The minimum absolute atomic E-state index is 0.347. The molecule has 1 saturated heterocycles. The molecule has 1 aromatic carbocycles. The van der Waals surface area contributed by atoms with Gasteiger partial charge in [0, 0.05) is 32.7 Å². The van der Waals surface area contributed by atoms with E-state index in [1.165, 1.54) is 18.7 Å². The van der Waals surface area contributed by atoms with Crippen LogP contribution in [0.3, 0.4) is 0 Å². The van der Waals surface area contributed by atoms with Gasteiger partial charge in [-0.1, -0.05) is 19.1 Å². The average Bonchev–Trinajstić information content (AvgIpc) is 2.33. The van der Waals surface area contributed by atoms with E-state index in [1.807, 2.05) is 12.1 Å². The number of benzene rings is 1. The summed E-state index contributed by atoms with van der Waals surface area (Å²) in [7, 11) is 0. The fourth-order valence-corrected chi connectivity index (χ4v) is 2.12. The molecule has 1 fully saturated rings. The molecular weight excluding hydrogens is 200 g/mol. The van der Waals surface area contributed by atoms with Gasteiger partial charge >= 0.3 is 0 Å². The summed E-state index contributed by atoms with van der Waals surface area (Å²) in [6, 6.07) is 7.53. The van der Waals surface area contributed by atoms with Crippen LogP contribution in [0.25, 0.3) is 0 Å². The Morgan fingerprint density at radius 3 is 2.12 bits per heavy atom. The van der Waals surface area contributed by atoms with Crippen molar-refractivity contribution in [3.05, 3.63) is 29.8 Å². The lowest BCUT2D eigenvalue weighted by Gasteiger charge is -2.34. The van der Waals surface area contributed by atoms with Crippen molar-refractivity contribution in [2.24, 2.45) is 0 Å². The number of phenolic OH excluding ortho intramolecular Hbond substituents is 1. The summed E-state index contributed by atoms with van der Waals surface area (Å²) >= 11 is 0. The average molecular weight is 220 g/mol. The molecule has 88 valence electrons. The fourth-order valence-electron chi connectivity index (χ4n) is 2.12. The van der Waals surface area contributed by atoms with Crippen molar-refractivity contribution < 1.29 is 5.11 Å². The molecule has 3 heteroatoms. The summed E-state index contributed by atoms with van der Waals surface area (Å²) in [4.78, 5) is 4.95. The predicted molar refractivity (Wildman–Crippen MR) is 65.5 cm³/mol. The van der Waals surface area contributed by atoms with Gasteiger partial charge in [-0.2, -0.15) is 0 Å². The Morgan fingerprint density at radius 1 is 1.00 bits per heavy atom. The molecular formula is C13H20N2O. The van der Waals surface area contributed by atoms with E-state index in [9.17, 15) is 5.11 Å². The Bertz CT molecular complexity index is 315. The summed E-state index contributed by atoms with van der Waals surface area (Å²) in [5, 5.41) is 9.21. The van der Waals surface area contributed by atoms with Crippen LogP contribution in [0.4, 0.5) is 0 Å². The van der Waals surface area contributed by atoms with Gasteiger partial charge in [0.25, 0.3) is 0 Å². The maximum atomic E-state index is 9.21. The lowest BCUT2D eigenvalue weighted by molar-refractivity contribution is 0.132. The van der Waals surface area contributed by atoms with Crippen molar-refractivity contribution >= 4 is 0 Å². The zero-order chi connectivity index (χ0) is 11.4. The first kappa shape index (κ1) is 11.4. The van der Waals surface area contributed by atoms with E-state index < -0.39 is 0 Å². The number of likely N-dealkylation sites (N-methyl/N-ethyl adjacent to an activating group) is 1. The monoisotopic (exact) mass is 220 g/mol. The molecule has 0 spiro atoms. The third kappa shape index (κ3) is 2.97. The second-order valence-electron chi connectivity index (χ2n) is 4.38. The topological polar surface area (TPSA) is 26.7 Å². The van der Waals surface area contributed by atoms with Crippen LogP contribution in [-0.4, -0.2) is 47.6 Å². The number of hydrogen-bond acceptors (Lipinski definition) is 3. The lowest BCUT2D eigenvalue weighted by Crippen LogP contribution is -2.45. The number of piperazine rings is 1. The fraction of sp³-hybridized carbons (Fsp3) is 0.538. The molecule has 0 aliphatic carbocycles. The standard InChI is InChI=1S/C13H20N2O/c1-2-14-7-9-15(10-8-14)11-12-3-5-13(16)6-4-12/h3-6,16H,2,7-11H2,1H3. The van der Waals surface area contributed by atoms with Crippen LogP contribution in [0.5, 0.6) is 5.75 Å². The van der Waals surface area contributed by atoms with E-state index in [4.69, 9.17) is 0 Å². The first-order valence-electron chi connectivity index (χ1n) is 6.00. The number of phenols is 1. The van der Waals surface area contributed by atoms with Gasteiger partial charge < -0.3 is 10.0 Å². The van der Waals surface area contributed by atoms with Gasteiger partial charge in [-0.15, -0.1) is 0 Å². The number of aromatic hydroxyl groups is 1. The van der Waals surface area contributed by atoms with Gasteiger partial charge in [0.1, 0.15) is 5.75 Å². The molecule has 1 aliphatic heterocycles. The molecule has 0 bridgehead atoms. The zero-order valence-corrected chi connectivity index (χ0v) is 9.89. The highest BCUT2D eigenvalue weighted by Crippen LogP contribution is 2.12. The lowest BCUT2D eigenvalue weighted by atomic mass is 10.2. The third-order valence-electron chi connectivity index (χ3n) is 3.25. The van der Waals surface area contributed by atoms with E-state index >= 15 is 0 Å². The molecule has 0 aromatic heterocycles. The van der Waals surface area contributed by atoms with Gasteiger partial charge in [-0.05, 0) is 24.2 Å². The number of rotatable bonds is 3. The first-order chi connectivity index (χ1) is 7.78. The van der Waals surface area contributed by atoms with Crippen LogP contribution in [0, 0.1) is 0 Å². The van der Waals surface area contributed by atoms with Gasteiger partial charge in [0.05, 0.1) is 0 Å². The summed E-state index contributed by atoms with van der Waals surface area (Å²) < 4.78 is 0. The largest absolute Gasteiger partial charge is 0.508 e. The van der Waals surface area contributed by atoms with Gasteiger partial charge in [0.15, 0.2) is 0 Å². The molecule has 3 nitrogen and oxygen atoms in total. The highest BCUT2D eigenvalue weighted by molar-refractivity contribution is 5.25. The van der Waals surface area contributed by atoms with E-state index in [0.29, 0.717) is 5.75 Å². The Morgan fingerprint density at radius 2 is 1.56 bits per heavy atom. The second kappa shape index (κ2) is 5.32. The van der Waals surface area contributed by atoms with Crippen LogP contribution in [0.2, 0.25) is 0 Å². The molecule has 2 rings (SSSR count). The maximum absolute atomic E-state index is 9.21. The summed E-state index contributed by atoms with van der Waals surface area (Å²) in [5.41, 5.74) is 1.28. The Labute approximate surface area is 97.3 Å². The van der Waals surface area contributed by atoms with Gasteiger partial charge in [-0.25, -0.2) is 0 Å². The van der Waals surface area contributed by atoms with Crippen molar-refractivity contribution in [2.75, 3.05) is 32.7 Å². The maximum Gasteiger partial charge on any atom is 0.115 e. The van der Waals surface area contributed by atoms with Gasteiger partial charge in [-0.3, -0.25) is 4.90 Å².